The molecule has 6 nitrogen and oxygen atoms in total. The van der Waals surface area contributed by atoms with Crippen LogP contribution in [0.3, 0.4) is 0 Å². The maximum atomic E-state index is 5.53. The quantitative estimate of drug-likeness (QED) is 0.618. The van der Waals surface area contributed by atoms with Crippen molar-refractivity contribution in [2.75, 3.05) is 12.5 Å². The van der Waals surface area contributed by atoms with Crippen LogP contribution in [0.5, 0.6) is 11.5 Å². The normalized spacial score (nSPS) is 10.0. The number of nitrogens with zero attached hydrogens (tertiary/aromatic N) is 2. The second-order valence-corrected chi connectivity index (χ2v) is 4.17. The lowest BCUT2D eigenvalue weighted by atomic mass is 10.3. The fourth-order valence-corrected chi connectivity index (χ4v) is 1.75. The summed E-state index contributed by atoms with van der Waals surface area (Å²) in [6.45, 7) is 0.367. The van der Waals surface area contributed by atoms with Crippen molar-refractivity contribution in [2.45, 2.75) is 6.61 Å². The van der Waals surface area contributed by atoms with Gasteiger partial charge in [0.05, 0.1) is 7.11 Å². The zero-order valence-corrected chi connectivity index (χ0v) is 10.0. The number of anilines is 1. The molecule has 0 aliphatic rings. The average Bonchev–Trinajstić information content (AvgIpc) is 2.85. The van der Waals surface area contributed by atoms with Crippen LogP contribution in [0.4, 0.5) is 5.13 Å². The number of aromatic nitrogens is 2. The van der Waals surface area contributed by atoms with Crippen LogP contribution in [0.2, 0.25) is 0 Å². The topological polar surface area (TPSA) is 82.3 Å². The molecule has 90 valence electrons. The Labute approximate surface area is 102 Å². The van der Waals surface area contributed by atoms with Gasteiger partial charge in [-0.25, -0.2) is 5.84 Å². The molecule has 0 fully saturated rings. The molecule has 0 bridgehead atoms. The van der Waals surface area contributed by atoms with Gasteiger partial charge in [0, 0.05) is 0 Å². The molecule has 17 heavy (non-hydrogen) atoms. The van der Waals surface area contributed by atoms with Gasteiger partial charge < -0.3 is 9.47 Å². The first kappa shape index (κ1) is 11.6. The van der Waals surface area contributed by atoms with Crippen LogP contribution in [-0.4, -0.2) is 17.3 Å². The number of nitrogens with two attached hydrogens (primary N) is 1. The van der Waals surface area contributed by atoms with Crippen molar-refractivity contribution in [1.29, 1.82) is 0 Å². The van der Waals surface area contributed by atoms with Gasteiger partial charge in [0.15, 0.2) is 5.01 Å². The molecule has 0 atom stereocenters. The lowest BCUT2D eigenvalue weighted by molar-refractivity contribution is 0.304. The van der Waals surface area contributed by atoms with Crippen LogP contribution >= 0.6 is 11.3 Å². The molecule has 0 aliphatic carbocycles. The van der Waals surface area contributed by atoms with Crippen molar-refractivity contribution in [1.82, 2.24) is 10.2 Å². The summed E-state index contributed by atoms with van der Waals surface area (Å²) >= 11 is 1.35. The molecular formula is C10H12N4O2S. The molecule has 0 amide bonds. The second kappa shape index (κ2) is 5.46. The van der Waals surface area contributed by atoms with E-state index in [0.29, 0.717) is 11.7 Å². The van der Waals surface area contributed by atoms with E-state index in [0.717, 1.165) is 16.5 Å². The second-order valence-electron chi connectivity index (χ2n) is 3.11. The maximum absolute atomic E-state index is 5.53. The van der Waals surface area contributed by atoms with Crippen molar-refractivity contribution in [3.8, 4) is 11.5 Å². The summed E-state index contributed by atoms with van der Waals surface area (Å²) in [6, 6.07) is 7.34. The minimum atomic E-state index is 0.367. The number of benzene rings is 1. The summed E-state index contributed by atoms with van der Waals surface area (Å²) < 4.78 is 10.6. The standard InChI is InChI=1S/C10H12N4O2S/c1-15-7-2-4-8(5-3-7)16-6-9-13-14-10(12-11)17-9/h2-5H,6,11H2,1H3,(H,12,14). The fourth-order valence-electron chi connectivity index (χ4n) is 1.19. The Morgan fingerprint density at radius 2 is 1.94 bits per heavy atom. The zero-order chi connectivity index (χ0) is 12.1. The third-order valence-corrected chi connectivity index (χ3v) is 2.84. The minimum absolute atomic E-state index is 0.367. The number of ether oxygens (including phenoxy) is 2. The van der Waals surface area contributed by atoms with Crippen LogP contribution in [0.25, 0.3) is 0 Å². The number of methoxy groups -OCH3 is 1. The first-order valence-corrected chi connectivity index (χ1v) is 5.69. The monoisotopic (exact) mass is 252 g/mol. The van der Waals surface area contributed by atoms with Gasteiger partial charge in [0.1, 0.15) is 18.1 Å². The fraction of sp³-hybridized carbons (Fsp3) is 0.200. The number of nitrogens with one attached hydrogen (secondary N) is 1. The molecule has 0 radical (unpaired) electrons. The van der Waals surface area contributed by atoms with Crippen molar-refractivity contribution in [3.05, 3.63) is 29.3 Å². The van der Waals surface area contributed by atoms with Crippen molar-refractivity contribution in [3.63, 3.8) is 0 Å². The van der Waals surface area contributed by atoms with Crippen molar-refractivity contribution < 1.29 is 9.47 Å². The maximum Gasteiger partial charge on any atom is 0.219 e. The minimum Gasteiger partial charge on any atom is -0.497 e. The third-order valence-electron chi connectivity index (χ3n) is 2.01. The molecule has 2 aromatic rings. The molecule has 0 spiro atoms. The predicted molar refractivity (Wildman–Crippen MR) is 65.0 cm³/mol. The van der Waals surface area contributed by atoms with E-state index >= 15 is 0 Å². The SMILES string of the molecule is COc1ccc(OCc2nnc(NN)s2)cc1. The van der Waals surface area contributed by atoms with E-state index in [1.165, 1.54) is 11.3 Å². The van der Waals surface area contributed by atoms with Crippen LogP contribution in [0, 0.1) is 0 Å². The molecule has 2 rings (SSSR count). The molecule has 7 heteroatoms. The van der Waals surface area contributed by atoms with Crippen LogP contribution in [0.15, 0.2) is 24.3 Å². The molecule has 1 aromatic carbocycles. The van der Waals surface area contributed by atoms with Gasteiger partial charge in [-0.3, -0.25) is 5.43 Å². The van der Waals surface area contributed by atoms with Crippen molar-refractivity contribution >= 4 is 16.5 Å². The Morgan fingerprint density at radius 1 is 1.24 bits per heavy atom. The van der Waals surface area contributed by atoms with E-state index in [9.17, 15) is 0 Å². The van der Waals surface area contributed by atoms with Gasteiger partial charge in [0.25, 0.3) is 0 Å². The molecule has 0 saturated carbocycles. The number of rotatable bonds is 5. The largest absolute Gasteiger partial charge is 0.497 e. The summed E-state index contributed by atoms with van der Waals surface area (Å²) in [5.41, 5.74) is 2.43. The highest BCUT2D eigenvalue weighted by molar-refractivity contribution is 7.15. The summed E-state index contributed by atoms with van der Waals surface area (Å²) in [7, 11) is 1.62. The third kappa shape index (κ3) is 3.05. The van der Waals surface area contributed by atoms with Gasteiger partial charge in [0.2, 0.25) is 5.13 Å². The lowest BCUT2D eigenvalue weighted by Gasteiger charge is -2.04. The summed E-state index contributed by atoms with van der Waals surface area (Å²) in [4.78, 5) is 0. The van der Waals surface area contributed by atoms with Crippen molar-refractivity contribution in [2.24, 2.45) is 5.84 Å². The summed E-state index contributed by atoms with van der Waals surface area (Å²) in [5, 5.41) is 9.04. The Kier molecular flexibility index (Phi) is 3.73. The van der Waals surface area contributed by atoms with E-state index in [1.807, 2.05) is 24.3 Å². The van der Waals surface area contributed by atoms with E-state index in [-0.39, 0.29) is 0 Å². The van der Waals surface area contributed by atoms with Gasteiger partial charge in [-0.05, 0) is 24.3 Å². The van der Waals surface area contributed by atoms with Gasteiger partial charge in [-0.2, -0.15) is 0 Å². The predicted octanol–water partition coefficient (Wildman–Crippen LogP) is 1.41. The van der Waals surface area contributed by atoms with Gasteiger partial charge >= 0.3 is 0 Å². The number of nitrogen functional groups attached to an aromatic ring is 1. The van der Waals surface area contributed by atoms with Crippen LogP contribution in [0.1, 0.15) is 5.01 Å². The molecule has 1 aromatic heterocycles. The molecule has 0 unspecified atom stereocenters. The summed E-state index contributed by atoms with van der Waals surface area (Å²) in [5.74, 6) is 6.75. The Bertz CT molecular complexity index is 471. The van der Waals surface area contributed by atoms with Crippen LogP contribution in [-0.2, 0) is 6.61 Å². The molecule has 0 aliphatic heterocycles. The molecule has 3 N–H and O–H groups in total. The molecular weight excluding hydrogens is 240 g/mol. The highest BCUT2D eigenvalue weighted by atomic mass is 32.1. The molecule has 0 saturated heterocycles. The average molecular weight is 252 g/mol. The Hall–Kier alpha value is -1.86. The van der Waals surface area contributed by atoms with E-state index < -0.39 is 0 Å². The van der Waals surface area contributed by atoms with E-state index in [2.05, 4.69) is 15.6 Å². The number of hydrogen-bond donors (Lipinski definition) is 2. The van der Waals surface area contributed by atoms with E-state index in [1.54, 1.807) is 7.11 Å². The highest BCUT2D eigenvalue weighted by Gasteiger charge is 2.03. The summed E-state index contributed by atoms with van der Waals surface area (Å²) in [6.07, 6.45) is 0. The van der Waals surface area contributed by atoms with Gasteiger partial charge in [-0.1, -0.05) is 11.3 Å². The Balaban J connectivity index is 1.92. The number of hydrogen-bond acceptors (Lipinski definition) is 7. The van der Waals surface area contributed by atoms with E-state index in [4.69, 9.17) is 15.3 Å². The number of hydrazine groups is 1. The zero-order valence-electron chi connectivity index (χ0n) is 9.21. The van der Waals surface area contributed by atoms with Crippen LogP contribution < -0.4 is 20.7 Å². The smallest absolute Gasteiger partial charge is 0.219 e. The Morgan fingerprint density at radius 3 is 2.53 bits per heavy atom. The highest BCUT2D eigenvalue weighted by Crippen LogP contribution is 2.20. The molecule has 1 heterocycles. The first-order chi connectivity index (χ1) is 8.31. The lowest BCUT2D eigenvalue weighted by Crippen LogP contribution is -2.05. The first-order valence-electron chi connectivity index (χ1n) is 4.87. The van der Waals surface area contributed by atoms with Gasteiger partial charge in [-0.15, -0.1) is 10.2 Å².